The van der Waals surface area contributed by atoms with Crippen molar-refractivity contribution in [2.75, 3.05) is 26.8 Å². The van der Waals surface area contributed by atoms with E-state index < -0.39 is 15.9 Å². The summed E-state index contributed by atoms with van der Waals surface area (Å²) >= 11 is 5.94. The highest BCUT2D eigenvalue weighted by Gasteiger charge is 2.38. The number of hydrogen-bond donors (Lipinski definition) is 1. The lowest BCUT2D eigenvalue weighted by atomic mass is 9.95. The Balaban J connectivity index is 2.26. The Hall–Kier alpha value is -1.66. The summed E-state index contributed by atoms with van der Waals surface area (Å²) < 4.78 is 32.4. The first-order valence-corrected chi connectivity index (χ1v) is 10.1. The number of nitriles is 1. The van der Waals surface area contributed by atoms with Crippen LogP contribution in [0.5, 0.6) is 0 Å². The largest absolute Gasteiger partial charge is 0.383 e. The molecule has 1 aliphatic heterocycles. The van der Waals surface area contributed by atoms with E-state index in [9.17, 15) is 18.5 Å². The first kappa shape index (κ1) is 20.6. The van der Waals surface area contributed by atoms with Crippen LogP contribution in [-0.4, -0.2) is 51.5 Å². The van der Waals surface area contributed by atoms with E-state index in [0.717, 1.165) is 0 Å². The van der Waals surface area contributed by atoms with Crippen LogP contribution in [0.4, 0.5) is 0 Å². The van der Waals surface area contributed by atoms with Gasteiger partial charge in [0.2, 0.25) is 15.9 Å². The fourth-order valence-corrected chi connectivity index (χ4v) is 5.09. The van der Waals surface area contributed by atoms with Gasteiger partial charge >= 0.3 is 0 Å². The van der Waals surface area contributed by atoms with E-state index in [1.165, 1.54) is 22.5 Å². The predicted molar refractivity (Wildman–Crippen MR) is 97.1 cm³/mol. The van der Waals surface area contributed by atoms with Gasteiger partial charge in [0.05, 0.1) is 18.1 Å². The minimum Gasteiger partial charge on any atom is -0.383 e. The van der Waals surface area contributed by atoms with Gasteiger partial charge in [0, 0.05) is 31.3 Å². The summed E-state index contributed by atoms with van der Waals surface area (Å²) in [5.41, 5.74) is 0.0354. The second-order valence-electron chi connectivity index (χ2n) is 6.23. The lowest BCUT2D eigenvalue weighted by molar-refractivity contribution is -0.126. The van der Waals surface area contributed by atoms with Crippen molar-refractivity contribution in [2.45, 2.75) is 30.7 Å². The van der Waals surface area contributed by atoms with Gasteiger partial charge in [-0.15, -0.1) is 0 Å². The normalized spacial score (nSPS) is 21.2. The molecule has 1 aromatic carbocycles. The molecule has 2 rings (SSSR count). The molecule has 0 spiro atoms. The van der Waals surface area contributed by atoms with Crippen molar-refractivity contribution in [2.24, 2.45) is 5.92 Å². The molecule has 1 fully saturated rings. The van der Waals surface area contributed by atoms with Gasteiger partial charge < -0.3 is 10.1 Å². The van der Waals surface area contributed by atoms with E-state index in [0.29, 0.717) is 26.0 Å². The van der Waals surface area contributed by atoms with Crippen molar-refractivity contribution in [3.63, 3.8) is 0 Å². The van der Waals surface area contributed by atoms with Crippen LogP contribution >= 0.6 is 11.6 Å². The molecule has 1 amide bonds. The maximum atomic E-state index is 13.1. The summed E-state index contributed by atoms with van der Waals surface area (Å²) in [6, 6.07) is 5.77. The number of methoxy groups -OCH3 is 1. The zero-order valence-corrected chi connectivity index (χ0v) is 16.3. The third-order valence-corrected chi connectivity index (χ3v) is 6.71. The monoisotopic (exact) mass is 399 g/mol. The Bertz CT molecular complexity index is 807. The third kappa shape index (κ3) is 4.54. The van der Waals surface area contributed by atoms with Gasteiger partial charge in [0.25, 0.3) is 0 Å². The SMILES string of the molecule is COCCNC(=O)[C@H]1CC[C@H](C)N(S(=O)(=O)c2cc(Cl)ccc2C#N)C1. The summed E-state index contributed by atoms with van der Waals surface area (Å²) in [6.45, 7) is 2.64. The molecule has 0 bridgehead atoms. The second kappa shape index (κ2) is 8.82. The van der Waals surface area contributed by atoms with E-state index in [4.69, 9.17) is 16.3 Å². The van der Waals surface area contributed by atoms with Crippen molar-refractivity contribution in [1.82, 2.24) is 9.62 Å². The molecule has 0 unspecified atom stereocenters. The predicted octanol–water partition coefficient (Wildman–Crippen LogP) is 1.76. The molecular formula is C17H22ClN3O4S. The van der Waals surface area contributed by atoms with Crippen molar-refractivity contribution in [1.29, 1.82) is 5.26 Å². The molecule has 1 heterocycles. The zero-order chi connectivity index (χ0) is 19.3. The van der Waals surface area contributed by atoms with Crippen LogP contribution in [0.1, 0.15) is 25.3 Å². The van der Waals surface area contributed by atoms with E-state index in [2.05, 4.69) is 5.32 Å². The number of carbonyl (C=O) groups excluding carboxylic acids is 1. The molecule has 1 aromatic rings. The molecule has 9 heteroatoms. The Morgan fingerprint density at radius 1 is 1.46 bits per heavy atom. The highest BCUT2D eigenvalue weighted by molar-refractivity contribution is 7.89. The summed E-state index contributed by atoms with van der Waals surface area (Å²) in [5, 5.41) is 12.2. The average molecular weight is 400 g/mol. The van der Waals surface area contributed by atoms with Crippen LogP contribution in [0.3, 0.4) is 0 Å². The van der Waals surface area contributed by atoms with E-state index in [1.807, 2.05) is 6.07 Å². The van der Waals surface area contributed by atoms with Crippen LogP contribution in [0.2, 0.25) is 5.02 Å². The third-order valence-electron chi connectivity index (χ3n) is 4.45. The molecule has 0 radical (unpaired) electrons. The van der Waals surface area contributed by atoms with Crippen LogP contribution in [0, 0.1) is 17.2 Å². The van der Waals surface area contributed by atoms with E-state index in [-0.39, 0.29) is 34.0 Å². The van der Waals surface area contributed by atoms with E-state index in [1.54, 1.807) is 14.0 Å². The smallest absolute Gasteiger partial charge is 0.244 e. The Labute approximate surface area is 158 Å². The van der Waals surface area contributed by atoms with Gasteiger partial charge in [0.1, 0.15) is 11.0 Å². The summed E-state index contributed by atoms with van der Waals surface area (Å²) in [4.78, 5) is 12.2. The number of nitrogens with zero attached hydrogens (tertiary/aromatic N) is 2. The zero-order valence-electron chi connectivity index (χ0n) is 14.7. The van der Waals surface area contributed by atoms with Gasteiger partial charge in [-0.2, -0.15) is 9.57 Å². The molecule has 142 valence electrons. The molecule has 2 atom stereocenters. The first-order chi connectivity index (χ1) is 12.3. The van der Waals surface area contributed by atoms with Gasteiger partial charge in [-0.3, -0.25) is 4.79 Å². The standard InChI is InChI=1S/C17H22ClN3O4S/c1-12-3-4-14(17(22)20-7-8-25-2)11-21(12)26(23,24)16-9-15(18)6-5-13(16)10-19/h5-6,9,12,14H,3-4,7-8,11H2,1-2H3,(H,20,22)/t12-,14-/m0/s1. The highest BCUT2D eigenvalue weighted by Crippen LogP contribution is 2.30. The molecule has 1 N–H and O–H groups in total. The quantitative estimate of drug-likeness (QED) is 0.735. The summed E-state index contributed by atoms with van der Waals surface area (Å²) in [5.74, 6) is -0.636. The number of hydrogen-bond acceptors (Lipinski definition) is 5. The number of rotatable bonds is 6. The maximum Gasteiger partial charge on any atom is 0.244 e. The van der Waals surface area contributed by atoms with Crippen molar-refractivity contribution >= 4 is 27.5 Å². The van der Waals surface area contributed by atoms with Crippen molar-refractivity contribution < 1.29 is 17.9 Å². The first-order valence-electron chi connectivity index (χ1n) is 8.29. The fraction of sp³-hybridized carbons (Fsp3) is 0.529. The van der Waals surface area contributed by atoms with Crippen LogP contribution < -0.4 is 5.32 Å². The number of ether oxygens (including phenoxy) is 1. The van der Waals surface area contributed by atoms with Gasteiger partial charge in [-0.1, -0.05) is 11.6 Å². The van der Waals surface area contributed by atoms with Crippen LogP contribution in [-0.2, 0) is 19.6 Å². The number of carbonyl (C=O) groups is 1. The van der Waals surface area contributed by atoms with Crippen LogP contribution in [0.15, 0.2) is 23.1 Å². The minimum atomic E-state index is -3.95. The summed E-state index contributed by atoms with van der Waals surface area (Å²) in [6.07, 6.45) is 1.16. The minimum absolute atomic E-state index is 0.0354. The lowest BCUT2D eigenvalue weighted by Crippen LogP contribution is -2.49. The number of piperidine rings is 1. The lowest BCUT2D eigenvalue weighted by Gasteiger charge is -2.36. The molecule has 0 saturated carbocycles. The fourth-order valence-electron chi connectivity index (χ4n) is 2.97. The number of amides is 1. The molecule has 1 saturated heterocycles. The average Bonchev–Trinajstić information content (AvgIpc) is 2.62. The summed E-state index contributed by atoms with van der Waals surface area (Å²) in [7, 11) is -2.40. The highest BCUT2D eigenvalue weighted by atomic mass is 35.5. The Morgan fingerprint density at radius 3 is 2.85 bits per heavy atom. The van der Waals surface area contributed by atoms with Crippen molar-refractivity contribution in [3.8, 4) is 6.07 Å². The molecule has 1 aliphatic rings. The maximum absolute atomic E-state index is 13.1. The molecule has 0 aromatic heterocycles. The van der Waals surface area contributed by atoms with Crippen molar-refractivity contribution in [3.05, 3.63) is 28.8 Å². The number of halogens is 1. The Kier molecular flexibility index (Phi) is 7.01. The van der Waals surface area contributed by atoms with Gasteiger partial charge in [-0.05, 0) is 38.0 Å². The second-order valence-corrected chi connectivity index (χ2v) is 8.53. The molecule has 26 heavy (non-hydrogen) atoms. The number of sulfonamides is 1. The number of benzene rings is 1. The van der Waals surface area contributed by atoms with Gasteiger partial charge in [0.15, 0.2) is 0 Å². The Morgan fingerprint density at radius 2 is 2.19 bits per heavy atom. The van der Waals surface area contributed by atoms with Gasteiger partial charge in [-0.25, -0.2) is 8.42 Å². The van der Waals surface area contributed by atoms with Crippen LogP contribution in [0.25, 0.3) is 0 Å². The number of nitrogens with one attached hydrogen (secondary N) is 1. The molecular weight excluding hydrogens is 378 g/mol. The van der Waals surface area contributed by atoms with E-state index >= 15 is 0 Å². The molecule has 7 nitrogen and oxygen atoms in total. The molecule has 0 aliphatic carbocycles. The topological polar surface area (TPSA) is 99.5 Å².